The summed E-state index contributed by atoms with van der Waals surface area (Å²) in [6.07, 6.45) is 2.42. The number of hydrogen-bond acceptors (Lipinski definition) is 5. The van der Waals surface area contributed by atoms with E-state index in [-0.39, 0.29) is 19.2 Å². The highest BCUT2D eigenvalue weighted by Crippen LogP contribution is 2.38. The van der Waals surface area contributed by atoms with Crippen LogP contribution >= 0.6 is 0 Å². The average molecular weight is 473 g/mol. The highest BCUT2D eigenvalue weighted by molar-refractivity contribution is 7.89. The molecule has 2 unspecified atom stereocenters. The molecule has 8 heteroatoms. The summed E-state index contributed by atoms with van der Waals surface area (Å²) < 4.78 is 54.2. The molecule has 2 aliphatic heterocycles. The summed E-state index contributed by atoms with van der Waals surface area (Å²) in [5, 5.41) is 8.93. The maximum absolute atomic E-state index is 15.0. The van der Waals surface area contributed by atoms with E-state index in [2.05, 4.69) is 6.07 Å². The van der Waals surface area contributed by atoms with Crippen molar-refractivity contribution in [2.24, 2.45) is 5.41 Å². The van der Waals surface area contributed by atoms with Crippen LogP contribution in [-0.2, 0) is 21.3 Å². The van der Waals surface area contributed by atoms with Gasteiger partial charge < -0.3 is 9.47 Å². The molecule has 2 aromatic carbocycles. The van der Waals surface area contributed by atoms with Crippen LogP contribution < -0.4 is 4.74 Å². The van der Waals surface area contributed by atoms with E-state index in [1.165, 1.54) is 10.4 Å². The quantitative estimate of drug-likeness (QED) is 0.615. The van der Waals surface area contributed by atoms with Crippen LogP contribution in [0.25, 0.3) is 0 Å². The van der Waals surface area contributed by atoms with Crippen molar-refractivity contribution in [1.82, 2.24) is 4.31 Å². The summed E-state index contributed by atoms with van der Waals surface area (Å²) in [7, 11) is -3.64. The van der Waals surface area contributed by atoms with E-state index in [9.17, 15) is 18.1 Å². The third kappa shape index (κ3) is 5.06. The summed E-state index contributed by atoms with van der Waals surface area (Å²) in [6, 6.07) is 15.8. The minimum Gasteiger partial charge on any atom is -0.492 e. The van der Waals surface area contributed by atoms with Gasteiger partial charge in [-0.2, -0.15) is 9.57 Å². The molecule has 2 heterocycles. The summed E-state index contributed by atoms with van der Waals surface area (Å²) in [5.74, 6) is -0.191. The minimum atomic E-state index is -3.64. The molecule has 0 bridgehead atoms. The fourth-order valence-corrected chi connectivity index (χ4v) is 6.73. The van der Waals surface area contributed by atoms with E-state index >= 15 is 0 Å². The van der Waals surface area contributed by atoms with Gasteiger partial charge in [-0.1, -0.05) is 36.4 Å². The van der Waals surface area contributed by atoms with Crippen molar-refractivity contribution in [3.63, 3.8) is 0 Å². The molecule has 2 fully saturated rings. The number of hydrogen-bond donors (Lipinski definition) is 0. The lowest BCUT2D eigenvalue weighted by molar-refractivity contribution is 0.0190. The Bertz CT molecular complexity index is 1110. The summed E-state index contributed by atoms with van der Waals surface area (Å²) in [6.45, 7) is 3.02. The van der Waals surface area contributed by atoms with Gasteiger partial charge in [-0.25, -0.2) is 12.8 Å². The number of nitrogens with zero attached hydrogens (tertiary/aromatic N) is 2. The molecule has 0 spiro atoms. The molecule has 176 valence electrons. The number of benzene rings is 2. The topological polar surface area (TPSA) is 79.6 Å². The van der Waals surface area contributed by atoms with Crippen molar-refractivity contribution in [1.29, 1.82) is 5.26 Å². The Morgan fingerprint density at radius 1 is 1.18 bits per heavy atom. The van der Waals surface area contributed by atoms with E-state index in [1.807, 2.05) is 37.3 Å². The Kier molecular flexibility index (Phi) is 7.03. The van der Waals surface area contributed by atoms with Gasteiger partial charge in [0.2, 0.25) is 10.0 Å². The number of ether oxygens (including phenoxy) is 2. The summed E-state index contributed by atoms with van der Waals surface area (Å²) in [4.78, 5) is 0. The number of halogens is 1. The first-order valence-electron chi connectivity index (χ1n) is 11.3. The predicted octanol–water partition coefficient (Wildman–Crippen LogP) is 4.58. The lowest BCUT2D eigenvalue weighted by Gasteiger charge is -2.37. The fraction of sp³-hybridized carbons (Fsp3) is 0.480. The van der Waals surface area contributed by atoms with Crippen LogP contribution in [-0.4, -0.2) is 38.6 Å². The van der Waals surface area contributed by atoms with E-state index in [0.717, 1.165) is 5.56 Å². The zero-order chi connectivity index (χ0) is 23.5. The molecule has 33 heavy (non-hydrogen) atoms. The van der Waals surface area contributed by atoms with Gasteiger partial charge in [-0.15, -0.1) is 0 Å². The van der Waals surface area contributed by atoms with Crippen LogP contribution in [0.1, 0.15) is 49.0 Å². The molecule has 0 N–H and O–H groups in total. The lowest BCUT2D eigenvalue weighted by Crippen LogP contribution is -2.44. The second-order valence-electron chi connectivity index (χ2n) is 8.96. The molecule has 2 aromatic rings. The summed E-state index contributed by atoms with van der Waals surface area (Å²) >= 11 is 0. The van der Waals surface area contributed by atoms with Crippen LogP contribution in [0.3, 0.4) is 0 Å². The summed E-state index contributed by atoms with van der Waals surface area (Å²) in [5.41, 5.74) is 0.433. The molecule has 6 nitrogen and oxygen atoms in total. The van der Waals surface area contributed by atoms with Gasteiger partial charge in [0, 0.05) is 37.4 Å². The molecule has 0 aliphatic carbocycles. The molecule has 0 saturated carbocycles. The fourth-order valence-electron chi connectivity index (χ4n) is 4.54. The van der Waals surface area contributed by atoms with Crippen molar-refractivity contribution in [2.45, 2.75) is 50.4 Å². The molecule has 2 atom stereocenters. The van der Waals surface area contributed by atoms with Crippen molar-refractivity contribution >= 4 is 10.0 Å². The number of sulfonamides is 1. The van der Waals surface area contributed by atoms with Crippen molar-refractivity contribution in [2.75, 3.05) is 19.8 Å². The standard InChI is InChI=1S/C25H29FN2O4S/c1-19-7-10-24(20-5-3-2-4-6-20)33(29,30)28(19)16-21-8-9-22(15-23(21)26)32-18-25(17-27)11-13-31-14-12-25/h2-6,8-9,15,19,24H,7,10-14,16,18H2,1H3. The van der Waals surface area contributed by atoms with Gasteiger partial charge in [-0.05, 0) is 44.2 Å². The smallest absolute Gasteiger partial charge is 0.221 e. The SMILES string of the molecule is CC1CCC(c2ccccc2)S(=O)(=O)N1Cc1ccc(OCC2(C#N)CCOCC2)cc1F. The third-order valence-electron chi connectivity index (χ3n) is 6.75. The lowest BCUT2D eigenvalue weighted by atomic mass is 9.83. The molecule has 0 radical (unpaired) electrons. The normalized spacial score (nSPS) is 24.6. The molecular weight excluding hydrogens is 443 g/mol. The first kappa shape index (κ1) is 23.7. The average Bonchev–Trinajstić information content (AvgIpc) is 2.82. The number of nitriles is 1. The van der Waals surface area contributed by atoms with Gasteiger partial charge in [-0.3, -0.25) is 0 Å². The number of rotatable bonds is 6. The van der Waals surface area contributed by atoms with Gasteiger partial charge in [0.1, 0.15) is 23.4 Å². The van der Waals surface area contributed by atoms with Crippen LogP contribution in [0, 0.1) is 22.6 Å². The Balaban J connectivity index is 1.48. The Morgan fingerprint density at radius 3 is 2.58 bits per heavy atom. The van der Waals surface area contributed by atoms with E-state index in [0.29, 0.717) is 50.2 Å². The van der Waals surface area contributed by atoms with E-state index in [4.69, 9.17) is 9.47 Å². The van der Waals surface area contributed by atoms with Crippen LogP contribution in [0.15, 0.2) is 48.5 Å². The van der Waals surface area contributed by atoms with Crippen molar-refractivity contribution < 1.29 is 22.3 Å². The first-order chi connectivity index (χ1) is 15.8. The largest absolute Gasteiger partial charge is 0.492 e. The molecule has 2 aliphatic rings. The minimum absolute atomic E-state index is 0.0293. The molecule has 0 amide bonds. The van der Waals surface area contributed by atoms with Gasteiger partial charge in [0.15, 0.2) is 0 Å². The highest BCUT2D eigenvalue weighted by atomic mass is 32.2. The predicted molar refractivity (Wildman–Crippen MR) is 122 cm³/mol. The zero-order valence-electron chi connectivity index (χ0n) is 18.7. The third-order valence-corrected chi connectivity index (χ3v) is 9.12. The molecule has 4 rings (SSSR count). The highest BCUT2D eigenvalue weighted by Gasteiger charge is 2.40. The van der Waals surface area contributed by atoms with E-state index in [1.54, 1.807) is 12.1 Å². The second kappa shape index (κ2) is 9.80. The van der Waals surface area contributed by atoms with Gasteiger partial charge >= 0.3 is 0 Å². The van der Waals surface area contributed by atoms with Crippen molar-refractivity contribution in [3.05, 3.63) is 65.5 Å². The van der Waals surface area contributed by atoms with Gasteiger partial charge in [0.05, 0.1) is 11.5 Å². The first-order valence-corrected chi connectivity index (χ1v) is 12.8. The molecule has 0 aromatic heterocycles. The Morgan fingerprint density at radius 2 is 1.91 bits per heavy atom. The Hall–Kier alpha value is -2.47. The van der Waals surface area contributed by atoms with Gasteiger partial charge in [0.25, 0.3) is 0 Å². The molecular formula is C25H29FN2O4S. The Labute approximate surface area is 195 Å². The van der Waals surface area contributed by atoms with E-state index < -0.39 is 26.5 Å². The van der Waals surface area contributed by atoms with Crippen LogP contribution in [0.2, 0.25) is 0 Å². The maximum atomic E-state index is 15.0. The maximum Gasteiger partial charge on any atom is 0.221 e. The van der Waals surface area contributed by atoms with Crippen LogP contribution in [0.5, 0.6) is 5.75 Å². The van der Waals surface area contributed by atoms with Crippen molar-refractivity contribution in [3.8, 4) is 11.8 Å². The monoisotopic (exact) mass is 472 g/mol. The molecule has 2 saturated heterocycles. The second-order valence-corrected chi connectivity index (χ2v) is 11.0. The van der Waals surface area contributed by atoms with Crippen LogP contribution in [0.4, 0.5) is 4.39 Å². The zero-order valence-corrected chi connectivity index (χ0v) is 19.6.